The maximum Gasteiger partial charge on any atom is 0.222 e. The first-order valence-corrected chi connectivity index (χ1v) is 6.74. The summed E-state index contributed by atoms with van der Waals surface area (Å²) in [7, 11) is 4.17. The molecule has 15 heavy (non-hydrogen) atoms. The zero-order valence-electron chi connectivity index (χ0n) is 9.71. The predicted octanol–water partition coefficient (Wildman–Crippen LogP) is 1.57. The minimum absolute atomic E-state index is 0.337. The van der Waals surface area contributed by atoms with Crippen molar-refractivity contribution in [3.63, 3.8) is 0 Å². The number of nitrogens with zero attached hydrogens (tertiary/aromatic N) is 2. The van der Waals surface area contributed by atoms with E-state index in [1.807, 2.05) is 4.90 Å². The second-order valence-electron chi connectivity index (χ2n) is 4.57. The molecule has 0 radical (unpaired) electrons. The molecule has 0 aliphatic carbocycles. The molecule has 1 saturated heterocycles. The highest BCUT2D eigenvalue weighted by Crippen LogP contribution is 2.19. The minimum Gasteiger partial charge on any atom is -0.342 e. The molecule has 1 atom stereocenters. The topological polar surface area (TPSA) is 23.6 Å². The Kier molecular flexibility index (Phi) is 5.61. The highest BCUT2D eigenvalue weighted by atomic mass is 79.9. The highest BCUT2D eigenvalue weighted by molar-refractivity contribution is 9.09. The molecule has 3 nitrogen and oxygen atoms in total. The van der Waals surface area contributed by atoms with Crippen molar-refractivity contribution in [2.24, 2.45) is 5.92 Å². The van der Waals surface area contributed by atoms with Crippen LogP contribution in [0.2, 0.25) is 0 Å². The number of carbonyl (C=O) groups excluding carboxylic acids is 1. The second kappa shape index (κ2) is 6.48. The largest absolute Gasteiger partial charge is 0.342 e. The van der Waals surface area contributed by atoms with Gasteiger partial charge in [-0.15, -0.1) is 0 Å². The van der Waals surface area contributed by atoms with Crippen LogP contribution in [0.3, 0.4) is 0 Å². The molecule has 0 N–H and O–H groups in total. The van der Waals surface area contributed by atoms with Gasteiger partial charge < -0.3 is 9.80 Å². The van der Waals surface area contributed by atoms with E-state index in [1.54, 1.807) is 0 Å². The molecule has 1 rings (SSSR count). The molecule has 0 spiro atoms. The van der Waals surface area contributed by atoms with Crippen LogP contribution in [0, 0.1) is 5.92 Å². The molecule has 0 aromatic rings. The zero-order chi connectivity index (χ0) is 11.3. The van der Waals surface area contributed by atoms with Crippen LogP contribution in [0.15, 0.2) is 0 Å². The first kappa shape index (κ1) is 13.0. The van der Waals surface area contributed by atoms with Gasteiger partial charge in [-0.1, -0.05) is 15.9 Å². The van der Waals surface area contributed by atoms with Gasteiger partial charge in [-0.2, -0.15) is 0 Å². The van der Waals surface area contributed by atoms with Crippen molar-refractivity contribution in [2.45, 2.75) is 19.3 Å². The number of hydrogen-bond acceptors (Lipinski definition) is 2. The van der Waals surface area contributed by atoms with Gasteiger partial charge in [0.1, 0.15) is 0 Å². The lowest BCUT2D eigenvalue weighted by Crippen LogP contribution is -2.27. The van der Waals surface area contributed by atoms with Crippen LogP contribution >= 0.6 is 15.9 Å². The summed E-state index contributed by atoms with van der Waals surface area (Å²) in [5.74, 6) is 0.871. The lowest BCUT2D eigenvalue weighted by atomic mass is 10.2. The molecule has 1 unspecified atom stereocenters. The molecule has 1 fully saturated rings. The summed E-state index contributed by atoms with van der Waals surface area (Å²) in [5.41, 5.74) is 0. The number of rotatable bonds is 6. The second-order valence-corrected chi connectivity index (χ2v) is 5.22. The average molecular weight is 277 g/mol. The van der Waals surface area contributed by atoms with Crippen LogP contribution in [-0.2, 0) is 4.79 Å². The van der Waals surface area contributed by atoms with E-state index < -0.39 is 0 Å². The normalized spacial score (nSPS) is 21.7. The molecule has 0 aromatic heterocycles. The van der Waals surface area contributed by atoms with Gasteiger partial charge in [0, 0.05) is 24.8 Å². The van der Waals surface area contributed by atoms with E-state index in [9.17, 15) is 4.79 Å². The smallest absolute Gasteiger partial charge is 0.222 e. The Bertz CT molecular complexity index is 209. The van der Waals surface area contributed by atoms with Crippen LogP contribution in [-0.4, -0.2) is 54.8 Å². The molecule has 88 valence electrons. The minimum atomic E-state index is 0.337. The van der Waals surface area contributed by atoms with E-state index in [2.05, 4.69) is 34.9 Å². The maximum atomic E-state index is 11.6. The SMILES string of the molecule is CN(C)CCCCN1CC(CBr)CC1=O. The number of likely N-dealkylation sites (tertiary alicyclic amines) is 1. The Morgan fingerprint density at radius 1 is 1.47 bits per heavy atom. The maximum absolute atomic E-state index is 11.6. The monoisotopic (exact) mass is 276 g/mol. The zero-order valence-corrected chi connectivity index (χ0v) is 11.3. The highest BCUT2D eigenvalue weighted by Gasteiger charge is 2.27. The van der Waals surface area contributed by atoms with Crippen molar-refractivity contribution in [2.75, 3.05) is 39.1 Å². The summed E-state index contributed by atoms with van der Waals surface area (Å²) in [6.07, 6.45) is 3.04. The molecular weight excluding hydrogens is 256 g/mol. The van der Waals surface area contributed by atoms with Crippen LogP contribution in [0.5, 0.6) is 0 Å². The van der Waals surface area contributed by atoms with Gasteiger partial charge in [-0.25, -0.2) is 0 Å². The van der Waals surface area contributed by atoms with E-state index in [0.29, 0.717) is 11.8 Å². The van der Waals surface area contributed by atoms with Crippen molar-refractivity contribution >= 4 is 21.8 Å². The van der Waals surface area contributed by atoms with Crippen molar-refractivity contribution in [3.8, 4) is 0 Å². The molecule has 0 saturated carbocycles. The van der Waals surface area contributed by atoms with Crippen molar-refractivity contribution in [1.82, 2.24) is 9.80 Å². The van der Waals surface area contributed by atoms with Gasteiger partial charge in [0.05, 0.1) is 0 Å². The summed E-state index contributed by atoms with van der Waals surface area (Å²) >= 11 is 3.45. The van der Waals surface area contributed by atoms with Gasteiger partial charge in [0.2, 0.25) is 5.91 Å². The lowest BCUT2D eigenvalue weighted by molar-refractivity contribution is -0.127. The summed E-state index contributed by atoms with van der Waals surface area (Å²) in [4.78, 5) is 15.8. The fraction of sp³-hybridized carbons (Fsp3) is 0.909. The number of alkyl halides is 1. The van der Waals surface area contributed by atoms with E-state index in [4.69, 9.17) is 0 Å². The molecule has 0 aromatic carbocycles. The number of halogens is 1. The van der Waals surface area contributed by atoms with Crippen LogP contribution in [0.25, 0.3) is 0 Å². The molecule has 1 aliphatic heterocycles. The summed E-state index contributed by atoms with van der Waals surface area (Å²) in [6, 6.07) is 0. The predicted molar refractivity (Wildman–Crippen MR) is 66.3 cm³/mol. The lowest BCUT2D eigenvalue weighted by Gasteiger charge is -2.16. The molecule has 1 aliphatic rings. The molecular formula is C11H21BrN2O. The Balaban J connectivity index is 2.14. The van der Waals surface area contributed by atoms with Gasteiger partial charge in [-0.3, -0.25) is 4.79 Å². The fourth-order valence-corrected chi connectivity index (χ4v) is 2.34. The third-order valence-electron chi connectivity index (χ3n) is 2.80. The Morgan fingerprint density at radius 2 is 2.20 bits per heavy atom. The summed E-state index contributed by atoms with van der Waals surface area (Å²) in [5, 5.41) is 0.951. The Hall–Kier alpha value is -0.0900. The number of unbranched alkanes of at least 4 members (excludes halogenated alkanes) is 1. The van der Waals surface area contributed by atoms with E-state index in [-0.39, 0.29) is 0 Å². The summed E-state index contributed by atoms with van der Waals surface area (Å²) < 4.78 is 0. The fourth-order valence-electron chi connectivity index (χ4n) is 1.90. The van der Waals surface area contributed by atoms with Crippen LogP contribution < -0.4 is 0 Å². The van der Waals surface area contributed by atoms with Crippen LogP contribution in [0.4, 0.5) is 0 Å². The average Bonchev–Trinajstić information content (AvgIpc) is 2.54. The van der Waals surface area contributed by atoms with E-state index in [1.165, 1.54) is 6.42 Å². The van der Waals surface area contributed by atoms with Gasteiger partial charge in [0.25, 0.3) is 0 Å². The van der Waals surface area contributed by atoms with Crippen molar-refractivity contribution < 1.29 is 4.79 Å². The van der Waals surface area contributed by atoms with Gasteiger partial charge in [-0.05, 0) is 39.4 Å². The standard InChI is InChI=1S/C11H21BrN2O/c1-13(2)5-3-4-6-14-9-10(8-12)7-11(14)15/h10H,3-9H2,1-2H3. The number of carbonyl (C=O) groups is 1. The molecule has 1 amide bonds. The Labute approximate surface area is 101 Å². The summed E-state index contributed by atoms with van der Waals surface area (Å²) in [6.45, 7) is 3.01. The first-order valence-electron chi connectivity index (χ1n) is 5.62. The third-order valence-corrected chi connectivity index (χ3v) is 3.71. The molecule has 4 heteroatoms. The van der Waals surface area contributed by atoms with Gasteiger partial charge >= 0.3 is 0 Å². The third kappa shape index (κ3) is 4.51. The number of amides is 1. The van der Waals surface area contributed by atoms with E-state index >= 15 is 0 Å². The van der Waals surface area contributed by atoms with Crippen molar-refractivity contribution in [3.05, 3.63) is 0 Å². The first-order chi connectivity index (χ1) is 7.13. The number of hydrogen-bond donors (Lipinski definition) is 0. The Morgan fingerprint density at radius 3 is 2.73 bits per heavy atom. The van der Waals surface area contributed by atoms with E-state index in [0.717, 1.165) is 37.8 Å². The van der Waals surface area contributed by atoms with Crippen LogP contribution in [0.1, 0.15) is 19.3 Å². The molecule has 0 bridgehead atoms. The molecule has 1 heterocycles. The van der Waals surface area contributed by atoms with Crippen molar-refractivity contribution in [1.29, 1.82) is 0 Å². The quantitative estimate of drug-likeness (QED) is 0.543. The van der Waals surface area contributed by atoms with Gasteiger partial charge in [0.15, 0.2) is 0 Å².